The maximum atomic E-state index is 6.36. The van der Waals surface area contributed by atoms with Gasteiger partial charge in [0.05, 0.1) is 13.2 Å². The number of morpholine rings is 1. The third-order valence-corrected chi connectivity index (χ3v) is 6.03. The number of hydrogen-bond acceptors (Lipinski definition) is 6. The SMILES string of the molecule is CN(c1ccnc(N2CCOCC2)n1)C1CCCN(Cc2ccccc2Cl)C1. The lowest BCUT2D eigenvalue weighted by atomic mass is 10.0. The molecule has 28 heavy (non-hydrogen) atoms. The van der Waals surface area contributed by atoms with E-state index in [-0.39, 0.29) is 0 Å². The average Bonchev–Trinajstić information content (AvgIpc) is 2.76. The number of nitrogens with zero attached hydrogens (tertiary/aromatic N) is 5. The fourth-order valence-corrected chi connectivity index (χ4v) is 4.19. The second kappa shape index (κ2) is 9.07. The van der Waals surface area contributed by atoms with Gasteiger partial charge in [0, 0.05) is 50.5 Å². The van der Waals surface area contributed by atoms with E-state index >= 15 is 0 Å². The van der Waals surface area contributed by atoms with Crippen LogP contribution in [0.25, 0.3) is 0 Å². The van der Waals surface area contributed by atoms with Gasteiger partial charge in [-0.25, -0.2) is 4.98 Å². The Morgan fingerprint density at radius 3 is 2.82 bits per heavy atom. The van der Waals surface area contributed by atoms with E-state index in [0.717, 1.165) is 62.7 Å². The van der Waals surface area contributed by atoms with E-state index in [4.69, 9.17) is 21.3 Å². The molecule has 150 valence electrons. The molecule has 0 amide bonds. The van der Waals surface area contributed by atoms with Gasteiger partial charge in [0.25, 0.3) is 0 Å². The van der Waals surface area contributed by atoms with Crippen LogP contribution in [-0.4, -0.2) is 67.4 Å². The summed E-state index contributed by atoms with van der Waals surface area (Å²) in [5, 5.41) is 0.851. The highest BCUT2D eigenvalue weighted by Gasteiger charge is 2.25. The Labute approximate surface area is 172 Å². The van der Waals surface area contributed by atoms with Gasteiger partial charge in [-0.15, -0.1) is 0 Å². The normalized spacial score (nSPS) is 20.9. The number of halogens is 1. The summed E-state index contributed by atoms with van der Waals surface area (Å²) >= 11 is 6.36. The van der Waals surface area contributed by atoms with Crippen LogP contribution in [0, 0.1) is 0 Å². The van der Waals surface area contributed by atoms with Crippen molar-refractivity contribution in [3.63, 3.8) is 0 Å². The molecule has 4 rings (SSSR count). The number of ether oxygens (including phenoxy) is 1. The van der Waals surface area contributed by atoms with Crippen LogP contribution in [0.1, 0.15) is 18.4 Å². The van der Waals surface area contributed by atoms with Crippen LogP contribution >= 0.6 is 11.6 Å². The number of anilines is 2. The first-order chi connectivity index (χ1) is 13.7. The second-order valence-corrected chi connectivity index (χ2v) is 7.95. The Balaban J connectivity index is 1.42. The van der Waals surface area contributed by atoms with Crippen molar-refractivity contribution in [2.24, 2.45) is 0 Å². The molecule has 0 spiro atoms. The van der Waals surface area contributed by atoms with E-state index in [2.05, 4.69) is 38.9 Å². The van der Waals surface area contributed by atoms with Crippen LogP contribution in [0.5, 0.6) is 0 Å². The fourth-order valence-electron chi connectivity index (χ4n) is 4.00. The minimum absolute atomic E-state index is 0.434. The lowest BCUT2D eigenvalue weighted by molar-refractivity contribution is 0.122. The van der Waals surface area contributed by atoms with E-state index in [0.29, 0.717) is 6.04 Å². The lowest BCUT2D eigenvalue weighted by Crippen LogP contribution is -2.46. The molecule has 0 radical (unpaired) electrons. The van der Waals surface area contributed by atoms with Crippen molar-refractivity contribution in [1.82, 2.24) is 14.9 Å². The zero-order valence-corrected chi connectivity index (χ0v) is 17.2. The minimum atomic E-state index is 0.434. The zero-order chi connectivity index (χ0) is 19.3. The van der Waals surface area contributed by atoms with Crippen molar-refractivity contribution in [1.29, 1.82) is 0 Å². The molecule has 0 N–H and O–H groups in total. The Hall–Kier alpha value is -1.89. The van der Waals surface area contributed by atoms with Gasteiger partial charge in [0.1, 0.15) is 5.82 Å². The summed E-state index contributed by atoms with van der Waals surface area (Å²) in [6.45, 7) is 6.19. The van der Waals surface area contributed by atoms with Gasteiger partial charge in [0.2, 0.25) is 5.95 Å². The highest BCUT2D eigenvalue weighted by atomic mass is 35.5. The molecule has 2 aliphatic heterocycles. The second-order valence-electron chi connectivity index (χ2n) is 7.55. The number of likely N-dealkylation sites (N-methyl/N-ethyl adjacent to an activating group) is 1. The van der Waals surface area contributed by atoms with Gasteiger partial charge in [-0.05, 0) is 37.1 Å². The summed E-state index contributed by atoms with van der Waals surface area (Å²) in [6.07, 6.45) is 4.22. The quantitative estimate of drug-likeness (QED) is 0.767. The van der Waals surface area contributed by atoms with Crippen molar-refractivity contribution >= 4 is 23.4 Å². The highest BCUT2D eigenvalue weighted by molar-refractivity contribution is 6.31. The molecular formula is C21H28ClN5O. The molecule has 1 atom stereocenters. The Bertz CT molecular complexity index is 783. The number of aromatic nitrogens is 2. The van der Waals surface area contributed by atoms with E-state index in [1.807, 2.05) is 24.4 Å². The van der Waals surface area contributed by atoms with E-state index in [9.17, 15) is 0 Å². The first-order valence-corrected chi connectivity index (χ1v) is 10.4. The average molecular weight is 402 g/mol. The molecule has 3 heterocycles. The van der Waals surface area contributed by atoms with Crippen LogP contribution < -0.4 is 9.80 Å². The largest absolute Gasteiger partial charge is 0.378 e. The zero-order valence-electron chi connectivity index (χ0n) is 16.4. The summed E-state index contributed by atoms with van der Waals surface area (Å²) in [6, 6.07) is 10.6. The van der Waals surface area contributed by atoms with Gasteiger partial charge in [-0.2, -0.15) is 4.98 Å². The van der Waals surface area contributed by atoms with Crippen LogP contribution in [-0.2, 0) is 11.3 Å². The highest BCUT2D eigenvalue weighted by Crippen LogP contribution is 2.24. The first kappa shape index (κ1) is 19.4. The van der Waals surface area contributed by atoms with Gasteiger partial charge < -0.3 is 14.5 Å². The maximum Gasteiger partial charge on any atom is 0.227 e. The monoisotopic (exact) mass is 401 g/mol. The van der Waals surface area contributed by atoms with Gasteiger partial charge in [-0.3, -0.25) is 4.90 Å². The van der Waals surface area contributed by atoms with Gasteiger partial charge >= 0.3 is 0 Å². The Kier molecular flexibility index (Phi) is 6.29. The number of hydrogen-bond donors (Lipinski definition) is 0. The molecule has 2 aliphatic rings. The van der Waals surface area contributed by atoms with E-state index in [1.54, 1.807) is 0 Å². The van der Waals surface area contributed by atoms with Gasteiger partial charge in [-0.1, -0.05) is 29.8 Å². The summed E-state index contributed by atoms with van der Waals surface area (Å²) < 4.78 is 5.44. The van der Waals surface area contributed by atoms with Gasteiger partial charge in [0.15, 0.2) is 0 Å². The Morgan fingerprint density at radius 2 is 2.00 bits per heavy atom. The predicted octanol–water partition coefficient (Wildman–Crippen LogP) is 3.07. The number of rotatable bonds is 5. The molecule has 2 aromatic rings. The molecule has 2 saturated heterocycles. The Morgan fingerprint density at radius 1 is 1.18 bits per heavy atom. The summed E-state index contributed by atoms with van der Waals surface area (Å²) in [4.78, 5) is 16.3. The number of likely N-dealkylation sites (tertiary alicyclic amines) is 1. The van der Waals surface area contributed by atoms with Crippen LogP contribution in [0.15, 0.2) is 36.5 Å². The van der Waals surface area contributed by atoms with Crippen molar-refractivity contribution < 1.29 is 4.74 Å². The van der Waals surface area contributed by atoms with Crippen molar-refractivity contribution in [2.45, 2.75) is 25.4 Å². The molecule has 7 heteroatoms. The molecular weight excluding hydrogens is 374 g/mol. The maximum absolute atomic E-state index is 6.36. The number of piperidine rings is 1. The van der Waals surface area contributed by atoms with Crippen molar-refractivity contribution in [3.05, 3.63) is 47.1 Å². The van der Waals surface area contributed by atoms with Crippen molar-refractivity contribution in [2.75, 3.05) is 56.2 Å². The topological polar surface area (TPSA) is 44.7 Å². The van der Waals surface area contributed by atoms with E-state index < -0.39 is 0 Å². The summed E-state index contributed by atoms with van der Waals surface area (Å²) in [5.41, 5.74) is 1.20. The fraction of sp³-hybridized carbons (Fsp3) is 0.524. The predicted molar refractivity (Wildman–Crippen MR) is 113 cm³/mol. The summed E-state index contributed by atoms with van der Waals surface area (Å²) in [5.74, 6) is 1.79. The van der Waals surface area contributed by atoms with Crippen LogP contribution in [0.2, 0.25) is 5.02 Å². The molecule has 0 bridgehead atoms. The third-order valence-electron chi connectivity index (χ3n) is 5.66. The molecule has 1 unspecified atom stereocenters. The minimum Gasteiger partial charge on any atom is -0.378 e. The molecule has 0 saturated carbocycles. The smallest absolute Gasteiger partial charge is 0.227 e. The molecule has 6 nitrogen and oxygen atoms in total. The molecule has 1 aromatic carbocycles. The molecule has 0 aliphatic carbocycles. The molecule has 2 fully saturated rings. The lowest BCUT2D eigenvalue weighted by Gasteiger charge is -2.38. The van der Waals surface area contributed by atoms with Crippen LogP contribution in [0.3, 0.4) is 0 Å². The summed E-state index contributed by atoms with van der Waals surface area (Å²) in [7, 11) is 2.15. The number of benzene rings is 1. The van der Waals surface area contributed by atoms with Crippen LogP contribution in [0.4, 0.5) is 11.8 Å². The third kappa shape index (κ3) is 4.57. The first-order valence-electron chi connectivity index (χ1n) is 10.0. The standard InChI is InChI=1S/C21H28ClN5O/c1-25(20-8-9-23-21(24-20)27-11-13-28-14-12-27)18-6-4-10-26(16-18)15-17-5-2-3-7-19(17)22/h2-3,5,7-9,18H,4,6,10-16H2,1H3. The van der Waals surface area contributed by atoms with Crippen molar-refractivity contribution in [3.8, 4) is 0 Å². The molecule has 1 aromatic heterocycles. The van der Waals surface area contributed by atoms with E-state index in [1.165, 1.54) is 18.4 Å².